The van der Waals surface area contributed by atoms with Gasteiger partial charge in [0, 0.05) is 31.6 Å². The van der Waals surface area contributed by atoms with Crippen LogP contribution < -0.4 is 5.32 Å². The zero-order chi connectivity index (χ0) is 11.6. The maximum Gasteiger partial charge on any atom is 0.223 e. The van der Waals surface area contributed by atoms with E-state index in [-0.39, 0.29) is 5.54 Å². The summed E-state index contributed by atoms with van der Waals surface area (Å²) in [6.07, 6.45) is 7.38. The van der Waals surface area contributed by atoms with Crippen molar-refractivity contribution in [3.63, 3.8) is 0 Å². The highest BCUT2D eigenvalue weighted by molar-refractivity contribution is 5.77. The minimum atomic E-state index is -0.0301. The van der Waals surface area contributed by atoms with E-state index >= 15 is 0 Å². The summed E-state index contributed by atoms with van der Waals surface area (Å²) >= 11 is 0. The average molecular weight is 222 g/mol. The summed E-state index contributed by atoms with van der Waals surface area (Å²) in [5, 5.41) is 3.35. The zero-order valence-electron chi connectivity index (χ0n) is 10.3. The van der Waals surface area contributed by atoms with Crippen LogP contribution in [0.2, 0.25) is 0 Å². The first kappa shape index (κ1) is 11.6. The second-order valence-electron chi connectivity index (χ2n) is 5.50. The van der Waals surface area contributed by atoms with Crippen molar-refractivity contribution in [2.24, 2.45) is 5.92 Å². The Morgan fingerprint density at radius 2 is 2.38 bits per heavy atom. The first-order chi connectivity index (χ1) is 7.59. The predicted octanol–water partition coefficient (Wildman–Crippen LogP) is 1.55. The van der Waals surface area contributed by atoms with Crippen LogP contribution in [0.3, 0.4) is 0 Å². The molecule has 0 aromatic rings. The number of allylic oxidation sites excluding steroid dienone is 2. The summed E-state index contributed by atoms with van der Waals surface area (Å²) in [5.41, 5.74) is -0.0301. The van der Waals surface area contributed by atoms with Crippen LogP contribution in [0.25, 0.3) is 0 Å². The van der Waals surface area contributed by atoms with E-state index < -0.39 is 0 Å². The normalized spacial score (nSPS) is 28.4. The van der Waals surface area contributed by atoms with Gasteiger partial charge in [0.25, 0.3) is 0 Å². The molecule has 16 heavy (non-hydrogen) atoms. The van der Waals surface area contributed by atoms with E-state index in [1.165, 1.54) is 0 Å². The first-order valence-corrected chi connectivity index (χ1v) is 6.27. The SMILES string of the molecule is CC1(C)CNCCN1C(=O)CC1C=CCC1. The molecule has 0 bridgehead atoms. The first-order valence-electron chi connectivity index (χ1n) is 6.27. The monoisotopic (exact) mass is 222 g/mol. The van der Waals surface area contributed by atoms with Crippen molar-refractivity contribution in [1.82, 2.24) is 10.2 Å². The number of hydrogen-bond donors (Lipinski definition) is 1. The molecule has 1 aliphatic carbocycles. The van der Waals surface area contributed by atoms with Crippen molar-refractivity contribution < 1.29 is 4.79 Å². The molecule has 0 radical (unpaired) electrons. The van der Waals surface area contributed by atoms with E-state index in [4.69, 9.17) is 0 Å². The molecule has 1 unspecified atom stereocenters. The lowest BCUT2D eigenvalue weighted by Gasteiger charge is -2.43. The maximum atomic E-state index is 12.2. The summed E-state index contributed by atoms with van der Waals surface area (Å²) in [5.74, 6) is 0.807. The Bertz CT molecular complexity index is 296. The lowest BCUT2D eigenvalue weighted by Crippen LogP contribution is -2.60. The fourth-order valence-electron chi connectivity index (χ4n) is 2.65. The number of carbonyl (C=O) groups is 1. The molecule has 3 heteroatoms. The van der Waals surface area contributed by atoms with Gasteiger partial charge in [-0.25, -0.2) is 0 Å². The van der Waals surface area contributed by atoms with Crippen molar-refractivity contribution in [3.8, 4) is 0 Å². The predicted molar refractivity (Wildman–Crippen MR) is 65.1 cm³/mol. The number of nitrogens with one attached hydrogen (secondary N) is 1. The lowest BCUT2D eigenvalue weighted by molar-refractivity contribution is -0.138. The third kappa shape index (κ3) is 2.46. The third-order valence-corrected chi connectivity index (χ3v) is 3.65. The molecular weight excluding hydrogens is 200 g/mol. The van der Waals surface area contributed by atoms with Gasteiger partial charge in [0.2, 0.25) is 5.91 Å². The number of rotatable bonds is 2. The van der Waals surface area contributed by atoms with Crippen molar-refractivity contribution in [1.29, 1.82) is 0 Å². The Hall–Kier alpha value is -0.830. The van der Waals surface area contributed by atoms with Crippen LogP contribution in [0.15, 0.2) is 12.2 Å². The smallest absolute Gasteiger partial charge is 0.223 e. The Balaban J connectivity index is 1.94. The lowest BCUT2D eigenvalue weighted by atomic mass is 9.97. The van der Waals surface area contributed by atoms with Crippen molar-refractivity contribution in [2.75, 3.05) is 19.6 Å². The van der Waals surface area contributed by atoms with Crippen LogP contribution in [0.1, 0.15) is 33.1 Å². The summed E-state index contributed by atoms with van der Waals surface area (Å²) < 4.78 is 0. The van der Waals surface area contributed by atoms with Crippen molar-refractivity contribution in [3.05, 3.63) is 12.2 Å². The molecule has 0 aromatic heterocycles. The minimum absolute atomic E-state index is 0.0301. The van der Waals surface area contributed by atoms with Gasteiger partial charge in [0.05, 0.1) is 0 Å². The quantitative estimate of drug-likeness (QED) is 0.719. The van der Waals surface area contributed by atoms with E-state index in [9.17, 15) is 4.79 Å². The Kier molecular flexibility index (Phi) is 3.33. The topological polar surface area (TPSA) is 32.3 Å². The van der Waals surface area contributed by atoms with Gasteiger partial charge in [-0.15, -0.1) is 0 Å². The fourth-order valence-corrected chi connectivity index (χ4v) is 2.65. The number of hydrogen-bond acceptors (Lipinski definition) is 2. The summed E-state index contributed by atoms with van der Waals surface area (Å²) in [7, 11) is 0. The highest BCUT2D eigenvalue weighted by Crippen LogP contribution is 2.24. The van der Waals surface area contributed by atoms with Gasteiger partial charge in [-0.1, -0.05) is 12.2 Å². The average Bonchev–Trinajstić information content (AvgIpc) is 2.69. The number of carbonyl (C=O) groups excluding carboxylic acids is 1. The molecule has 2 rings (SSSR count). The number of amides is 1. The van der Waals surface area contributed by atoms with Gasteiger partial charge < -0.3 is 10.2 Å². The van der Waals surface area contributed by atoms with E-state index in [2.05, 4.69) is 36.2 Å². The standard InChI is InChI=1S/C13H22N2O/c1-13(2)10-14-7-8-15(13)12(16)9-11-5-3-4-6-11/h3,5,11,14H,4,6-10H2,1-2H3. The summed E-state index contributed by atoms with van der Waals surface area (Å²) in [6, 6.07) is 0. The highest BCUT2D eigenvalue weighted by atomic mass is 16.2. The van der Waals surface area contributed by atoms with Crippen LogP contribution >= 0.6 is 0 Å². The molecule has 1 saturated heterocycles. The Morgan fingerprint density at radius 3 is 3.00 bits per heavy atom. The summed E-state index contributed by atoms with van der Waals surface area (Å²) in [6.45, 7) is 6.96. The molecule has 0 spiro atoms. The van der Waals surface area contributed by atoms with Gasteiger partial charge in [-0.05, 0) is 32.6 Å². The van der Waals surface area contributed by atoms with Crippen LogP contribution in [-0.4, -0.2) is 36.0 Å². The molecule has 1 N–H and O–H groups in total. The van der Waals surface area contributed by atoms with Crippen LogP contribution in [0.4, 0.5) is 0 Å². The molecule has 1 aliphatic heterocycles. The van der Waals surface area contributed by atoms with Gasteiger partial charge >= 0.3 is 0 Å². The van der Waals surface area contributed by atoms with E-state index in [0.717, 1.165) is 32.5 Å². The molecule has 90 valence electrons. The molecule has 0 aromatic carbocycles. The van der Waals surface area contributed by atoms with Gasteiger partial charge in [0.1, 0.15) is 0 Å². The van der Waals surface area contributed by atoms with E-state index in [0.29, 0.717) is 18.2 Å². The van der Waals surface area contributed by atoms with Crippen LogP contribution in [0, 0.1) is 5.92 Å². The van der Waals surface area contributed by atoms with Gasteiger partial charge in [0.15, 0.2) is 0 Å². The highest BCUT2D eigenvalue weighted by Gasteiger charge is 2.33. The van der Waals surface area contributed by atoms with E-state index in [1.807, 2.05) is 0 Å². The molecular formula is C13H22N2O. The summed E-state index contributed by atoms with van der Waals surface area (Å²) in [4.78, 5) is 14.3. The maximum absolute atomic E-state index is 12.2. The zero-order valence-corrected chi connectivity index (χ0v) is 10.3. The molecule has 0 saturated carbocycles. The van der Waals surface area contributed by atoms with E-state index in [1.54, 1.807) is 0 Å². The van der Waals surface area contributed by atoms with Gasteiger partial charge in [-0.2, -0.15) is 0 Å². The Morgan fingerprint density at radius 1 is 1.56 bits per heavy atom. The molecule has 1 heterocycles. The molecule has 2 aliphatic rings. The number of nitrogens with zero attached hydrogens (tertiary/aromatic N) is 1. The molecule has 3 nitrogen and oxygen atoms in total. The largest absolute Gasteiger partial charge is 0.335 e. The second kappa shape index (κ2) is 4.58. The number of piperazine rings is 1. The van der Waals surface area contributed by atoms with Crippen LogP contribution in [0.5, 0.6) is 0 Å². The van der Waals surface area contributed by atoms with Crippen LogP contribution in [-0.2, 0) is 4.79 Å². The van der Waals surface area contributed by atoms with Crippen molar-refractivity contribution >= 4 is 5.91 Å². The second-order valence-corrected chi connectivity index (χ2v) is 5.50. The molecule has 1 fully saturated rings. The Labute approximate surface area is 97.9 Å². The minimum Gasteiger partial charge on any atom is -0.335 e. The molecule has 1 amide bonds. The van der Waals surface area contributed by atoms with Gasteiger partial charge in [-0.3, -0.25) is 4.79 Å². The molecule has 1 atom stereocenters. The fraction of sp³-hybridized carbons (Fsp3) is 0.769. The third-order valence-electron chi connectivity index (χ3n) is 3.65. The van der Waals surface area contributed by atoms with Crippen molar-refractivity contribution in [2.45, 2.75) is 38.6 Å².